The van der Waals surface area contributed by atoms with Crippen molar-refractivity contribution in [1.82, 2.24) is 5.32 Å². The molecule has 5 nitrogen and oxygen atoms in total. The topological polar surface area (TPSA) is 75.6 Å². The molecule has 1 aliphatic heterocycles. The number of hydrogen-bond donors (Lipinski definition) is 1. The average Bonchev–Trinajstić information content (AvgIpc) is 2.78. The van der Waals surface area contributed by atoms with Crippen molar-refractivity contribution in [3.8, 4) is 0 Å². The number of amides is 1. The third kappa shape index (κ3) is 3.62. The molecule has 9 heteroatoms. The Morgan fingerprint density at radius 1 is 1.04 bits per heavy atom. The third-order valence-electron chi connectivity index (χ3n) is 3.83. The Morgan fingerprint density at radius 2 is 1.73 bits per heavy atom. The fourth-order valence-corrected chi connectivity index (χ4v) is 4.03. The molecule has 3 rings (SSSR count). The Balaban J connectivity index is 1.90. The van der Waals surface area contributed by atoms with E-state index in [0.29, 0.717) is 5.69 Å². The van der Waals surface area contributed by atoms with Crippen LogP contribution in [-0.4, -0.2) is 24.7 Å². The number of para-hydroxylation sites is 1. The van der Waals surface area contributed by atoms with Crippen LogP contribution in [0, 0.1) is 0 Å². The van der Waals surface area contributed by atoms with Gasteiger partial charge in [-0.15, -0.1) is 0 Å². The number of halogens is 3. The van der Waals surface area contributed by atoms with Crippen molar-refractivity contribution >= 4 is 26.6 Å². The number of rotatable bonds is 3. The highest BCUT2D eigenvalue weighted by Gasteiger charge is 2.45. The smallest absolute Gasteiger partial charge is 0.300 e. The van der Waals surface area contributed by atoms with Crippen LogP contribution < -0.4 is 5.32 Å². The number of alkyl halides is 3. The first-order valence-corrected chi connectivity index (χ1v) is 9.07. The highest BCUT2D eigenvalue weighted by atomic mass is 32.2. The van der Waals surface area contributed by atoms with Crippen LogP contribution in [0.1, 0.15) is 11.1 Å². The summed E-state index contributed by atoms with van der Waals surface area (Å²) in [4.78, 5) is 16.0. The second kappa shape index (κ2) is 6.56. The fraction of sp³-hybridized carbons (Fsp3) is 0.176. The van der Waals surface area contributed by atoms with Crippen molar-refractivity contribution in [2.45, 2.75) is 17.8 Å². The summed E-state index contributed by atoms with van der Waals surface area (Å²) in [6.45, 7) is 0. The predicted octanol–water partition coefficient (Wildman–Crippen LogP) is 2.85. The van der Waals surface area contributed by atoms with E-state index in [0.717, 1.165) is 12.1 Å². The minimum atomic E-state index is -4.55. The molecule has 26 heavy (non-hydrogen) atoms. The zero-order valence-electron chi connectivity index (χ0n) is 13.2. The van der Waals surface area contributed by atoms with Crippen LogP contribution in [0.5, 0.6) is 0 Å². The number of carbonyl (C=O) groups is 1. The molecule has 0 bridgehead atoms. The van der Waals surface area contributed by atoms with Gasteiger partial charge in [-0.3, -0.25) is 10.1 Å². The van der Waals surface area contributed by atoms with Crippen LogP contribution >= 0.6 is 0 Å². The van der Waals surface area contributed by atoms with E-state index in [2.05, 4.69) is 10.3 Å². The van der Waals surface area contributed by atoms with Gasteiger partial charge in [0.2, 0.25) is 20.9 Å². The maximum atomic E-state index is 12.8. The lowest BCUT2D eigenvalue weighted by Gasteiger charge is -2.10. The number of nitrogens with one attached hydrogen (secondary N) is 1. The van der Waals surface area contributed by atoms with Gasteiger partial charge in [-0.1, -0.05) is 36.4 Å². The molecule has 0 spiro atoms. The van der Waals surface area contributed by atoms with Crippen molar-refractivity contribution in [3.63, 3.8) is 0 Å². The van der Waals surface area contributed by atoms with Gasteiger partial charge in [-0.05, 0) is 30.2 Å². The summed E-state index contributed by atoms with van der Waals surface area (Å²) in [6, 6.07) is 12.4. The van der Waals surface area contributed by atoms with Gasteiger partial charge >= 0.3 is 6.18 Å². The summed E-state index contributed by atoms with van der Waals surface area (Å²) >= 11 is 0. The first kappa shape index (κ1) is 18.1. The van der Waals surface area contributed by atoms with Gasteiger partial charge in [0.15, 0.2) is 5.25 Å². The standard InChI is InChI=1S/C17H13F3N2O3S/c18-17(19,20)12-6-4-5-11(9-12)10-14-15(23)22-16(26(14,24)25)21-13-7-2-1-3-8-13/h1-9,14H,10H2,(H,21,22,23). The van der Waals surface area contributed by atoms with E-state index in [4.69, 9.17) is 0 Å². The zero-order valence-corrected chi connectivity index (χ0v) is 14.0. The molecule has 0 radical (unpaired) electrons. The van der Waals surface area contributed by atoms with Gasteiger partial charge in [0.05, 0.1) is 11.3 Å². The summed E-state index contributed by atoms with van der Waals surface area (Å²) in [5.41, 5.74) is -0.459. The van der Waals surface area contributed by atoms with E-state index >= 15 is 0 Å². The molecular formula is C17H13F3N2O3S. The summed E-state index contributed by atoms with van der Waals surface area (Å²) < 4.78 is 63.5. The number of benzene rings is 2. The van der Waals surface area contributed by atoms with Gasteiger partial charge in [0, 0.05) is 0 Å². The van der Waals surface area contributed by atoms with Crippen LogP contribution in [0.4, 0.5) is 18.9 Å². The van der Waals surface area contributed by atoms with Gasteiger partial charge in [-0.2, -0.15) is 13.2 Å². The lowest BCUT2D eigenvalue weighted by Crippen LogP contribution is -2.27. The number of sulfone groups is 1. The lowest BCUT2D eigenvalue weighted by molar-refractivity contribution is -0.137. The molecule has 136 valence electrons. The molecule has 0 aliphatic carbocycles. The van der Waals surface area contributed by atoms with Crippen molar-refractivity contribution in [2.24, 2.45) is 4.99 Å². The monoisotopic (exact) mass is 382 g/mol. The van der Waals surface area contributed by atoms with Crippen LogP contribution in [0.3, 0.4) is 0 Å². The van der Waals surface area contributed by atoms with Crippen LogP contribution in [-0.2, 0) is 27.2 Å². The first-order valence-electron chi connectivity index (χ1n) is 7.52. The molecular weight excluding hydrogens is 369 g/mol. The Labute approximate surface area is 147 Å². The van der Waals surface area contributed by atoms with Crippen LogP contribution in [0.25, 0.3) is 0 Å². The molecule has 1 amide bonds. The molecule has 0 aromatic heterocycles. The van der Waals surface area contributed by atoms with Gasteiger partial charge in [-0.25, -0.2) is 13.4 Å². The van der Waals surface area contributed by atoms with Gasteiger partial charge in [0.1, 0.15) is 0 Å². The summed E-state index contributed by atoms with van der Waals surface area (Å²) in [7, 11) is -4.11. The van der Waals surface area contributed by atoms with E-state index in [-0.39, 0.29) is 12.0 Å². The fourth-order valence-electron chi connectivity index (χ4n) is 2.54. The van der Waals surface area contributed by atoms with Crippen molar-refractivity contribution in [1.29, 1.82) is 0 Å². The molecule has 1 N–H and O–H groups in total. The minimum Gasteiger partial charge on any atom is -0.300 e. The van der Waals surface area contributed by atoms with Crippen LogP contribution in [0.15, 0.2) is 59.6 Å². The molecule has 1 fully saturated rings. The van der Waals surface area contributed by atoms with E-state index in [1.165, 1.54) is 12.1 Å². The first-order chi connectivity index (χ1) is 12.2. The van der Waals surface area contributed by atoms with Gasteiger partial charge < -0.3 is 0 Å². The quantitative estimate of drug-likeness (QED) is 0.887. The van der Waals surface area contributed by atoms with E-state index in [1.54, 1.807) is 30.3 Å². The third-order valence-corrected chi connectivity index (χ3v) is 5.69. The lowest BCUT2D eigenvalue weighted by atomic mass is 10.1. The SMILES string of the molecule is O=C1NC(=Nc2ccccc2)S(=O)(=O)C1Cc1cccc(C(F)(F)F)c1. The maximum absolute atomic E-state index is 12.8. The second-order valence-corrected chi connectivity index (χ2v) is 7.72. The Hall–Kier alpha value is -2.68. The average molecular weight is 382 g/mol. The van der Waals surface area contributed by atoms with E-state index < -0.39 is 37.9 Å². The van der Waals surface area contributed by atoms with E-state index in [9.17, 15) is 26.4 Å². The molecule has 1 aliphatic rings. The Kier molecular flexibility index (Phi) is 4.57. The van der Waals surface area contributed by atoms with E-state index in [1.807, 2.05) is 0 Å². The Morgan fingerprint density at radius 3 is 2.38 bits per heavy atom. The van der Waals surface area contributed by atoms with Crippen molar-refractivity contribution in [2.75, 3.05) is 0 Å². The van der Waals surface area contributed by atoms with Crippen LogP contribution in [0.2, 0.25) is 0 Å². The summed E-state index contributed by atoms with van der Waals surface area (Å²) in [5.74, 6) is -0.808. The molecule has 1 heterocycles. The normalized spacial score (nSPS) is 21.0. The predicted molar refractivity (Wildman–Crippen MR) is 89.5 cm³/mol. The molecule has 1 saturated heterocycles. The highest BCUT2D eigenvalue weighted by molar-refractivity contribution is 8.08. The van der Waals surface area contributed by atoms with Crippen molar-refractivity contribution in [3.05, 3.63) is 65.7 Å². The second-order valence-electron chi connectivity index (χ2n) is 5.68. The van der Waals surface area contributed by atoms with Crippen molar-refractivity contribution < 1.29 is 26.4 Å². The minimum absolute atomic E-state index is 0.101. The number of nitrogens with zero attached hydrogens (tertiary/aromatic N) is 1. The van der Waals surface area contributed by atoms with Gasteiger partial charge in [0.25, 0.3) is 0 Å². The molecule has 1 atom stereocenters. The molecule has 2 aromatic carbocycles. The molecule has 2 aromatic rings. The Bertz CT molecular complexity index is 970. The number of carbonyl (C=O) groups excluding carboxylic acids is 1. The largest absolute Gasteiger partial charge is 0.416 e. The zero-order chi connectivity index (χ0) is 18.9. The molecule has 1 unspecified atom stereocenters. The molecule has 0 saturated carbocycles. The maximum Gasteiger partial charge on any atom is 0.416 e. The number of aliphatic imine (C=N–C) groups is 1. The number of amidine groups is 1. The highest BCUT2D eigenvalue weighted by Crippen LogP contribution is 2.30. The summed E-state index contributed by atoms with van der Waals surface area (Å²) in [5, 5.41) is 0.194. The number of hydrogen-bond acceptors (Lipinski definition) is 4. The summed E-state index contributed by atoms with van der Waals surface area (Å²) in [6.07, 6.45) is -4.92.